The number of hydrogen-bond donors (Lipinski definition) is 0. The van der Waals surface area contributed by atoms with Crippen LogP contribution < -0.4 is 9.47 Å². The molecule has 0 radical (unpaired) electrons. The van der Waals surface area contributed by atoms with Crippen LogP contribution in [-0.4, -0.2) is 47.4 Å². The summed E-state index contributed by atoms with van der Waals surface area (Å²) in [6.45, 7) is 0.240. The predicted octanol–water partition coefficient (Wildman–Crippen LogP) is 3.39. The van der Waals surface area contributed by atoms with Crippen LogP contribution in [0.2, 0.25) is 0 Å². The highest BCUT2D eigenvalue weighted by Crippen LogP contribution is 2.30. The van der Waals surface area contributed by atoms with Gasteiger partial charge in [0, 0.05) is 12.7 Å². The van der Waals surface area contributed by atoms with Crippen LogP contribution in [0.25, 0.3) is 5.57 Å². The van der Waals surface area contributed by atoms with Crippen molar-refractivity contribution in [1.29, 1.82) is 0 Å². The Morgan fingerprint density at radius 1 is 1.00 bits per heavy atom. The molecular formula is C22H25NO7. The van der Waals surface area contributed by atoms with Gasteiger partial charge in [0.25, 0.3) is 0 Å². The number of ether oxygens (including phenoxy) is 5. The predicted molar refractivity (Wildman–Crippen MR) is 111 cm³/mol. The molecule has 0 saturated carbocycles. The van der Waals surface area contributed by atoms with Crippen molar-refractivity contribution in [2.24, 2.45) is 5.16 Å². The first-order valence-electron chi connectivity index (χ1n) is 8.99. The molecule has 2 aromatic rings. The Balaban J connectivity index is 2.33. The number of methoxy groups -OCH3 is 3. The van der Waals surface area contributed by atoms with Crippen LogP contribution in [0, 0.1) is 0 Å². The van der Waals surface area contributed by atoms with Crippen molar-refractivity contribution < 1.29 is 33.3 Å². The third-order valence-corrected chi connectivity index (χ3v) is 3.94. The second-order valence-electron chi connectivity index (χ2n) is 5.88. The van der Waals surface area contributed by atoms with Crippen LogP contribution in [0.4, 0.5) is 0 Å². The van der Waals surface area contributed by atoms with Gasteiger partial charge in [-0.25, -0.2) is 4.79 Å². The Kier molecular flexibility index (Phi) is 9.20. The Hall–Kier alpha value is -3.52. The molecule has 30 heavy (non-hydrogen) atoms. The molecule has 0 heterocycles. The second-order valence-corrected chi connectivity index (χ2v) is 5.88. The standard InChI is InChI=1S/C22H25NO7/c1-25-14-19(22(24)27-3)18-8-6-5-7-17(18)13-29-21-11-16(12-23-28-4)9-10-20(21)30-15-26-2/h5-12,14H,13,15H2,1-4H3. The third kappa shape index (κ3) is 6.25. The minimum absolute atomic E-state index is 0.0710. The zero-order valence-corrected chi connectivity index (χ0v) is 17.4. The summed E-state index contributed by atoms with van der Waals surface area (Å²) >= 11 is 0. The summed E-state index contributed by atoms with van der Waals surface area (Å²) in [5, 5.41) is 3.76. The van der Waals surface area contributed by atoms with Crippen LogP contribution >= 0.6 is 0 Å². The number of hydrogen-bond acceptors (Lipinski definition) is 8. The number of nitrogens with zero attached hydrogens (tertiary/aromatic N) is 1. The smallest absolute Gasteiger partial charge is 0.341 e. The maximum absolute atomic E-state index is 12.2. The lowest BCUT2D eigenvalue weighted by Gasteiger charge is -2.15. The molecule has 0 amide bonds. The Labute approximate surface area is 175 Å². The lowest BCUT2D eigenvalue weighted by atomic mass is 10.0. The molecule has 0 N–H and O–H groups in total. The summed E-state index contributed by atoms with van der Waals surface area (Å²) in [5.41, 5.74) is 2.46. The van der Waals surface area contributed by atoms with Crippen LogP contribution in [0.1, 0.15) is 16.7 Å². The van der Waals surface area contributed by atoms with E-state index in [2.05, 4.69) is 5.16 Å². The third-order valence-electron chi connectivity index (χ3n) is 3.94. The molecule has 8 nitrogen and oxygen atoms in total. The van der Waals surface area contributed by atoms with Gasteiger partial charge in [-0.2, -0.15) is 0 Å². The average molecular weight is 415 g/mol. The molecular weight excluding hydrogens is 390 g/mol. The van der Waals surface area contributed by atoms with E-state index in [0.29, 0.717) is 17.1 Å². The van der Waals surface area contributed by atoms with Crippen molar-refractivity contribution in [3.8, 4) is 11.5 Å². The normalized spacial score (nSPS) is 11.3. The fourth-order valence-corrected chi connectivity index (χ4v) is 2.59. The van der Waals surface area contributed by atoms with Gasteiger partial charge < -0.3 is 28.5 Å². The van der Waals surface area contributed by atoms with E-state index in [0.717, 1.165) is 11.1 Å². The quantitative estimate of drug-likeness (QED) is 0.139. The van der Waals surface area contributed by atoms with E-state index in [1.807, 2.05) is 24.3 Å². The molecule has 0 unspecified atom stereocenters. The van der Waals surface area contributed by atoms with Crippen molar-refractivity contribution in [2.75, 3.05) is 35.2 Å². The number of esters is 1. The second kappa shape index (κ2) is 12.1. The largest absolute Gasteiger partial charge is 0.503 e. The SMILES string of the molecule is COC=C(C(=O)OC)c1ccccc1COc1cc(C=NOC)ccc1OCOC. The Morgan fingerprint density at radius 2 is 1.80 bits per heavy atom. The molecule has 2 rings (SSSR count). The molecule has 0 aliphatic heterocycles. The zero-order chi connectivity index (χ0) is 21.8. The van der Waals surface area contributed by atoms with Gasteiger partial charge in [0.05, 0.1) is 26.7 Å². The first kappa shape index (κ1) is 22.8. The van der Waals surface area contributed by atoms with Crippen molar-refractivity contribution in [1.82, 2.24) is 0 Å². The molecule has 2 aromatic carbocycles. The fourth-order valence-electron chi connectivity index (χ4n) is 2.59. The Morgan fingerprint density at radius 3 is 2.50 bits per heavy atom. The molecule has 0 atom stereocenters. The van der Waals surface area contributed by atoms with E-state index in [4.69, 9.17) is 28.5 Å². The highest BCUT2D eigenvalue weighted by atomic mass is 16.7. The van der Waals surface area contributed by atoms with E-state index < -0.39 is 5.97 Å². The first-order chi connectivity index (χ1) is 14.6. The number of rotatable bonds is 11. The van der Waals surface area contributed by atoms with Gasteiger partial charge in [0.15, 0.2) is 18.3 Å². The van der Waals surface area contributed by atoms with Gasteiger partial charge in [-0.3, -0.25) is 0 Å². The van der Waals surface area contributed by atoms with E-state index in [1.165, 1.54) is 34.7 Å². The summed E-state index contributed by atoms with van der Waals surface area (Å²) in [5.74, 6) is 0.480. The molecule has 0 aliphatic carbocycles. The minimum Gasteiger partial charge on any atom is -0.503 e. The average Bonchev–Trinajstić information content (AvgIpc) is 2.78. The summed E-state index contributed by atoms with van der Waals surface area (Å²) in [6, 6.07) is 12.7. The van der Waals surface area contributed by atoms with E-state index >= 15 is 0 Å². The van der Waals surface area contributed by atoms with Crippen molar-refractivity contribution in [3.63, 3.8) is 0 Å². The van der Waals surface area contributed by atoms with Crippen LogP contribution in [0.3, 0.4) is 0 Å². The number of benzene rings is 2. The lowest BCUT2D eigenvalue weighted by molar-refractivity contribution is -0.133. The van der Waals surface area contributed by atoms with Crippen LogP contribution in [0.15, 0.2) is 53.9 Å². The highest BCUT2D eigenvalue weighted by Gasteiger charge is 2.17. The van der Waals surface area contributed by atoms with E-state index in [1.54, 1.807) is 24.4 Å². The van der Waals surface area contributed by atoms with Crippen molar-refractivity contribution in [2.45, 2.75) is 6.61 Å². The Bertz CT molecular complexity index is 893. The maximum atomic E-state index is 12.2. The highest BCUT2D eigenvalue weighted by molar-refractivity contribution is 6.16. The monoisotopic (exact) mass is 415 g/mol. The minimum atomic E-state index is -0.508. The van der Waals surface area contributed by atoms with Gasteiger partial charge >= 0.3 is 5.97 Å². The number of oxime groups is 1. The lowest BCUT2D eigenvalue weighted by Crippen LogP contribution is -2.09. The summed E-state index contributed by atoms with van der Waals surface area (Å²) < 4.78 is 26.5. The van der Waals surface area contributed by atoms with Gasteiger partial charge in [-0.1, -0.05) is 29.4 Å². The van der Waals surface area contributed by atoms with Gasteiger partial charge in [-0.05, 0) is 29.3 Å². The van der Waals surface area contributed by atoms with Gasteiger partial charge in [0.1, 0.15) is 19.3 Å². The molecule has 160 valence electrons. The topological polar surface area (TPSA) is 84.8 Å². The summed E-state index contributed by atoms with van der Waals surface area (Å²) in [4.78, 5) is 16.9. The van der Waals surface area contributed by atoms with Gasteiger partial charge in [0.2, 0.25) is 0 Å². The molecule has 0 fully saturated rings. The van der Waals surface area contributed by atoms with E-state index in [9.17, 15) is 4.79 Å². The number of carbonyl (C=O) groups is 1. The fraction of sp³-hybridized carbons (Fsp3) is 0.273. The molecule has 0 spiro atoms. The van der Waals surface area contributed by atoms with Crippen molar-refractivity contribution in [3.05, 3.63) is 65.4 Å². The molecule has 0 saturated heterocycles. The maximum Gasteiger partial charge on any atom is 0.341 e. The van der Waals surface area contributed by atoms with Crippen LogP contribution in [0.5, 0.6) is 11.5 Å². The first-order valence-corrected chi connectivity index (χ1v) is 8.99. The van der Waals surface area contributed by atoms with Crippen LogP contribution in [-0.2, 0) is 30.4 Å². The summed E-state index contributed by atoms with van der Waals surface area (Å²) in [6.07, 6.45) is 2.90. The zero-order valence-electron chi connectivity index (χ0n) is 17.4. The molecule has 0 bridgehead atoms. The van der Waals surface area contributed by atoms with E-state index in [-0.39, 0.29) is 19.0 Å². The molecule has 8 heteroatoms. The van der Waals surface area contributed by atoms with Gasteiger partial charge in [-0.15, -0.1) is 0 Å². The summed E-state index contributed by atoms with van der Waals surface area (Å²) in [7, 11) is 5.78. The molecule has 0 aliphatic rings. The number of carbonyl (C=O) groups excluding carboxylic acids is 1. The van der Waals surface area contributed by atoms with Crippen molar-refractivity contribution >= 4 is 17.8 Å². The molecule has 0 aromatic heterocycles.